The molecule has 1 aromatic carbocycles. The molecule has 0 atom stereocenters. The lowest BCUT2D eigenvalue weighted by molar-refractivity contribution is -0.384. The van der Waals surface area contributed by atoms with E-state index in [9.17, 15) is 10.1 Å². The quantitative estimate of drug-likeness (QED) is 0.520. The van der Waals surface area contributed by atoms with Gasteiger partial charge in [-0.1, -0.05) is 0 Å². The van der Waals surface area contributed by atoms with Crippen molar-refractivity contribution in [1.82, 2.24) is 14.5 Å². The summed E-state index contributed by atoms with van der Waals surface area (Å²) in [7, 11) is 1.90. The Balaban J connectivity index is 2.13. The molecule has 0 aliphatic rings. The molecule has 19 heavy (non-hydrogen) atoms. The molecule has 0 N–H and O–H groups in total. The fourth-order valence-electron chi connectivity index (χ4n) is 2.03. The average Bonchev–Trinajstić information content (AvgIpc) is 2.77. The van der Waals surface area contributed by atoms with Crippen molar-refractivity contribution in [1.29, 1.82) is 0 Å². The van der Waals surface area contributed by atoms with Gasteiger partial charge in [0.05, 0.1) is 22.2 Å². The van der Waals surface area contributed by atoms with E-state index in [2.05, 4.69) is 9.97 Å². The highest BCUT2D eigenvalue weighted by Crippen LogP contribution is 2.24. The third kappa shape index (κ3) is 1.83. The number of pyridine rings is 1. The van der Waals surface area contributed by atoms with E-state index in [0.717, 1.165) is 22.4 Å². The Hall–Kier alpha value is -2.76. The van der Waals surface area contributed by atoms with Crippen LogP contribution in [0.5, 0.6) is 0 Å². The summed E-state index contributed by atoms with van der Waals surface area (Å²) < 4.78 is 1.92. The zero-order valence-electron chi connectivity index (χ0n) is 10.1. The molecule has 0 aliphatic carbocycles. The van der Waals surface area contributed by atoms with Crippen LogP contribution in [-0.2, 0) is 7.05 Å². The topological polar surface area (TPSA) is 73.8 Å². The van der Waals surface area contributed by atoms with E-state index in [4.69, 9.17) is 0 Å². The number of nitro benzene ring substituents is 1. The lowest BCUT2D eigenvalue weighted by Gasteiger charge is -2.01. The van der Waals surface area contributed by atoms with Crippen molar-refractivity contribution < 1.29 is 4.92 Å². The summed E-state index contributed by atoms with van der Waals surface area (Å²) in [5.74, 6) is 0.762. The molecular formula is C13H10N4O2. The summed E-state index contributed by atoms with van der Waals surface area (Å²) in [6.45, 7) is 0. The zero-order chi connectivity index (χ0) is 13.4. The van der Waals surface area contributed by atoms with Crippen LogP contribution in [-0.4, -0.2) is 19.5 Å². The van der Waals surface area contributed by atoms with E-state index in [1.54, 1.807) is 24.5 Å². The van der Waals surface area contributed by atoms with Gasteiger partial charge >= 0.3 is 0 Å². The molecule has 0 amide bonds. The van der Waals surface area contributed by atoms with Gasteiger partial charge in [0.25, 0.3) is 5.69 Å². The van der Waals surface area contributed by atoms with Crippen molar-refractivity contribution in [2.24, 2.45) is 7.05 Å². The van der Waals surface area contributed by atoms with Gasteiger partial charge in [0.15, 0.2) is 0 Å². The Labute approximate surface area is 108 Å². The highest BCUT2D eigenvalue weighted by Gasteiger charge is 2.11. The number of hydrogen-bond donors (Lipinski definition) is 0. The van der Waals surface area contributed by atoms with Crippen LogP contribution in [0.25, 0.3) is 22.4 Å². The predicted molar refractivity (Wildman–Crippen MR) is 70.6 cm³/mol. The molecule has 2 heterocycles. The minimum atomic E-state index is -0.414. The highest BCUT2D eigenvalue weighted by molar-refractivity contribution is 5.79. The number of nitro groups is 1. The van der Waals surface area contributed by atoms with Gasteiger partial charge in [0.1, 0.15) is 5.82 Å². The molecule has 0 saturated heterocycles. The number of fused-ring (bicyclic) bond motifs is 1. The Bertz CT molecular complexity index is 762. The molecule has 0 fully saturated rings. The highest BCUT2D eigenvalue weighted by atomic mass is 16.6. The summed E-state index contributed by atoms with van der Waals surface area (Å²) in [5, 5.41) is 10.6. The van der Waals surface area contributed by atoms with Crippen LogP contribution in [0.1, 0.15) is 0 Å². The molecular weight excluding hydrogens is 244 g/mol. The normalized spacial score (nSPS) is 10.8. The van der Waals surface area contributed by atoms with Gasteiger partial charge in [-0.3, -0.25) is 15.1 Å². The van der Waals surface area contributed by atoms with Gasteiger partial charge in [-0.15, -0.1) is 0 Å². The van der Waals surface area contributed by atoms with Crippen LogP contribution in [0.2, 0.25) is 0 Å². The molecule has 0 aliphatic heterocycles. The third-order valence-corrected chi connectivity index (χ3v) is 3.02. The maximum absolute atomic E-state index is 10.6. The summed E-state index contributed by atoms with van der Waals surface area (Å²) in [6, 6.07) is 8.20. The fourth-order valence-corrected chi connectivity index (χ4v) is 2.03. The number of nitrogens with zero attached hydrogens (tertiary/aromatic N) is 4. The predicted octanol–water partition coefficient (Wildman–Crippen LogP) is 2.54. The molecule has 0 bridgehead atoms. The number of imidazole rings is 1. The van der Waals surface area contributed by atoms with E-state index in [-0.39, 0.29) is 5.69 Å². The minimum Gasteiger partial charge on any atom is -0.326 e. The van der Waals surface area contributed by atoms with Gasteiger partial charge in [-0.25, -0.2) is 4.98 Å². The molecule has 3 aromatic rings. The van der Waals surface area contributed by atoms with Crippen LogP contribution < -0.4 is 0 Å². The van der Waals surface area contributed by atoms with Crippen molar-refractivity contribution in [3.63, 3.8) is 0 Å². The summed E-state index contributed by atoms with van der Waals surface area (Å²) in [5.41, 5.74) is 2.69. The second kappa shape index (κ2) is 4.16. The first-order valence-electron chi connectivity index (χ1n) is 5.68. The van der Waals surface area contributed by atoms with E-state index in [1.165, 1.54) is 12.1 Å². The zero-order valence-corrected chi connectivity index (χ0v) is 10.1. The first-order valence-corrected chi connectivity index (χ1v) is 5.68. The van der Waals surface area contributed by atoms with Gasteiger partial charge in [-0.05, 0) is 18.2 Å². The van der Waals surface area contributed by atoms with E-state index >= 15 is 0 Å². The number of benzene rings is 1. The molecule has 94 valence electrons. The van der Waals surface area contributed by atoms with Gasteiger partial charge in [0.2, 0.25) is 0 Å². The van der Waals surface area contributed by atoms with Crippen molar-refractivity contribution in [2.45, 2.75) is 0 Å². The molecule has 2 aromatic heterocycles. The number of aryl methyl sites for hydroxylation is 1. The van der Waals surface area contributed by atoms with Gasteiger partial charge < -0.3 is 4.57 Å². The Morgan fingerprint density at radius 3 is 2.58 bits per heavy atom. The minimum absolute atomic E-state index is 0.0733. The number of aromatic nitrogens is 3. The van der Waals surface area contributed by atoms with Crippen LogP contribution in [0, 0.1) is 10.1 Å². The van der Waals surface area contributed by atoms with Crippen molar-refractivity contribution in [2.75, 3.05) is 0 Å². The average molecular weight is 254 g/mol. The molecule has 6 nitrogen and oxygen atoms in total. The number of hydrogen-bond acceptors (Lipinski definition) is 4. The second-order valence-corrected chi connectivity index (χ2v) is 4.16. The fraction of sp³-hybridized carbons (Fsp3) is 0.0769. The standard InChI is InChI=1S/C13H10N4O2/c1-16-12-8-14-7-6-11(12)15-13(16)9-2-4-10(5-3-9)17(18)19/h2-8H,1H3. The first-order chi connectivity index (χ1) is 9.16. The molecule has 0 spiro atoms. The SMILES string of the molecule is Cn1c(-c2ccc([N+](=O)[O-])cc2)nc2ccncc21. The van der Waals surface area contributed by atoms with Crippen LogP contribution in [0.4, 0.5) is 5.69 Å². The second-order valence-electron chi connectivity index (χ2n) is 4.16. The maximum atomic E-state index is 10.6. The smallest absolute Gasteiger partial charge is 0.269 e. The molecule has 3 rings (SSSR count). The number of non-ortho nitro benzene ring substituents is 1. The molecule has 0 radical (unpaired) electrons. The van der Waals surface area contributed by atoms with E-state index in [0.29, 0.717) is 0 Å². The lowest BCUT2D eigenvalue weighted by atomic mass is 10.2. The van der Waals surface area contributed by atoms with Crippen LogP contribution >= 0.6 is 0 Å². The van der Waals surface area contributed by atoms with E-state index in [1.807, 2.05) is 17.7 Å². The molecule has 6 heteroatoms. The molecule has 0 unspecified atom stereocenters. The van der Waals surface area contributed by atoms with Crippen molar-refractivity contribution in [3.05, 3.63) is 52.8 Å². The number of rotatable bonds is 2. The summed E-state index contributed by atoms with van der Waals surface area (Å²) in [4.78, 5) is 18.8. The van der Waals surface area contributed by atoms with E-state index < -0.39 is 4.92 Å². The third-order valence-electron chi connectivity index (χ3n) is 3.02. The van der Waals surface area contributed by atoms with Crippen molar-refractivity contribution in [3.8, 4) is 11.4 Å². The summed E-state index contributed by atoms with van der Waals surface area (Å²) >= 11 is 0. The maximum Gasteiger partial charge on any atom is 0.269 e. The van der Waals surface area contributed by atoms with Gasteiger partial charge in [0, 0.05) is 30.9 Å². The Morgan fingerprint density at radius 2 is 1.95 bits per heavy atom. The Morgan fingerprint density at radius 1 is 1.21 bits per heavy atom. The molecule has 0 saturated carbocycles. The Kier molecular flexibility index (Phi) is 2.49. The lowest BCUT2D eigenvalue weighted by Crippen LogP contribution is -1.93. The van der Waals surface area contributed by atoms with Crippen LogP contribution in [0.3, 0.4) is 0 Å². The first kappa shape index (κ1) is 11.3. The van der Waals surface area contributed by atoms with Crippen LogP contribution in [0.15, 0.2) is 42.7 Å². The van der Waals surface area contributed by atoms with Gasteiger partial charge in [-0.2, -0.15) is 0 Å². The largest absolute Gasteiger partial charge is 0.326 e. The summed E-state index contributed by atoms with van der Waals surface area (Å²) in [6.07, 6.45) is 3.44. The monoisotopic (exact) mass is 254 g/mol. The van der Waals surface area contributed by atoms with Crippen molar-refractivity contribution >= 4 is 16.7 Å².